The zero-order valence-electron chi connectivity index (χ0n) is 15.2. The Morgan fingerprint density at radius 3 is 2.89 bits per heavy atom. The third-order valence-corrected chi connectivity index (χ3v) is 4.67. The molecule has 0 spiro atoms. The second-order valence-electron chi connectivity index (χ2n) is 6.64. The third kappa shape index (κ3) is 3.92. The molecule has 3 rings (SSSR count). The summed E-state index contributed by atoms with van der Waals surface area (Å²) in [5.74, 6) is -3.92. The maximum atomic E-state index is 13.8. The molecular formula is C19H20F2N4O2. The van der Waals surface area contributed by atoms with Crippen molar-refractivity contribution in [2.24, 2.45) is 5.92 Å². The minimum Gasteiger partial charge on any atom is -0.462 e. The molecule has 0 amide bonds. The lowest BCUT2D eigenvalue weighted by molar-refractivity contribution is -0.0137. The Balaban J connectivity index is 1.78. The third-order valence-electron chi connectivity index (χ3n) is 4.67. The fourth-order valence-corrected chi connectivity index (χ4v) is 3.08. The maximum Gasteiger partial charge on any atom is 0.341 e. The van der Waals surface area contributed by atoms with Gasteiger partial charge in [0, 0.05) is 24.3 Å². The number of aromatic nitrogens is 2. The van der Waals surface area contributed by atoms with E-state index in [2.05, 4.69) is 11.2 Å². The topological polar surface area (TPSA) is 71.2 Å². The summed E-state index contributed by atoms with van der Waals surface area (Å²) in [6, 6.07) is 7.21. The number of nitriles is 1. The zero-order valence-corrected chi connectivity index (χ0v) is 15.2. The predicted molar refractivity (Wildman–Crippen MR) is 94.8 cm³/mol. The van der Waals surface area contributed by atoms with Gasteiger partial charge < -0.3 is 9.64 Å². The van der Waals surface area contributed by atoms with E-state index in [1.54, 1.807) is 36.2 Å². The number of carbonyl (C=O) groups excluding carboxylic acids is 1. The highest BCUT2D eigenvalue weighted by Gasteiger charge is 2.45. The van der Waals surface area contributed by atoms with Crippen LogP contribution in [0.2, 0.25) is 0 Å². The van der Waals surface area contributed by atoms with Crippen molar-refractivity contribution in [3.05, 3.63) is 47.3 Å². The van der Waals surface area contributed by atoms with Gasteiger partial charge in [0.1, 0.15) is 0 Å². The number of rotatable bonds is 5. The molecule has 6 nitrogen and oxygen atoms in total. The molecule has 142 valence electrons. The highest BCUT2D eigenvalue weighted by molar-refractivity contribution is 5.88. The minimum atomic E-state index is -2.73. The van der Waals surface area contributed by atoms with Gasteiger partial charge in [-0.1, -0.05) is 13.0 Å². The van der Waals surface area contributed by atoms with Crippen LogP contribution in [0.25, 0.3) is 0 Å². The van der Waals surface area contributed by atoms with Crippen LogP contribution in [-0.2, 0) is 11.3 Å². The number of hydrogen-bond acceptors (Lipinski definition) is 5. The van der Waals surface area contributed by atoms with Crippen LogP contribution < -0.4 is 4.90 Å². The lowest BCUT2D eigenvalue weighted by Gasteiger charge is -2.19. The molecule has 1 saturated heterocycles. The lowest BCUT2D eigenvalue weighted by atomic mass is 10.1. The molecule has 2 heterocycles. The number of carbonyl (C=O) groups is 1. The first-order valence-corrected chi connectivity index (χ1v) is 8.69. The number of hydrogen-bond donors (Lipinski definition) is 0. The fourth-order valence-electron chi connectivity index (χ4n) is 3.08. The summed E-state index contributed by atoms with van der Waals surface area (Å²) < 4.78 is 34.0. The first kappa shape index (κ1) is 18.8. The van der Waals surface area contributed by atoms with Gasteiger partial charge in [-0.15, -0.1) is 0 Å². The molecule has 1 aromatic carbocycles. The molecule has 1 aromatic heterocycles. The Labute approximate surface area is 155 Å². The molecule has 1 aliphatic rings. The maximum absolute atomic E-state index is 13.8. The molecule has 1 aliphatic heterocycles. The quantitative estimate of drug-likeness (QED) is 0.752. The average Bonchev–Trinajstić information content (AvgIpc) is 3.20. The van der Waals surface area contributed by atoms with Gasteiger partial charge in [0.15, 0.2) is 0 Å². The molecule has 2 aromatic rings. The lowest BCUT2D eigenvalue weighted by Crippen LogP contribution is -2.26. The summed E-state index contributed by atoms with van der Waals surface area (Å²) >= 11 is 0. The van der Waals surface area contributed by atoms with E-state index in [9.17, 15) is 18.8 Å². The summed E-state index contributed by atoms with van der Waals surface area (Å²) in [5.41, 5.74) is 2.02. The Kier molecular flexibility index (Phi) is 5.13. The highest BCUT2D eigenvalue weighted by Crippen LogP contribution is 2.35. The molecule has 0 saturated carbocycles. The van der Waals surface area contributed by atoms with Gasteiger partial charge in [0.25, 0.3) is 5.92 Å². The van der Waals surface area contributed by atoms with Crippen molar-refractivity contribution in [3.8, 4) is 6.07 Å². The number of ether oxygens (including phenoxy) is 1. The standard InChI is InChI=1S/C19H20F2N4O2/c1-3-27-18(26)16-8-23-25(11-16)10-14-4-5-17(6-15(14)7-22)24-9-13(2)19(20,21)12-24/h4-6,8,11,13H,3,9-10,12H2,1-2H3. The molecule has 1 fully saturated rings. The minimum absolute atomic E-state index is 0.249. The van der Waals surface area contributed by atoms with Crippen molar-refractivity contribution < 1.29 is 18.3 Å². The normalized spacial score (nSPS) is 18.3. The van der Waals surface area contributed by atoms with Crippen LogP contribution in [-0.4, -0.2) is 41.4 Å². The molecule has 0 aliphatic carbocycles. The van der Waals surface area contributed by atoms with Gasteiger partial charge in [0.05, 0.1) is 43.1 Å². The number of nitrogens with zero attached hydrogens (tertiary/aromatic N) is 4. The second kappa shape index (κ2) is 7.35. The first-order chi connectivity index (χ1) is 12.8. The van der Waals surface area contributed by atoms with E-state index in [1.807, 2.05) is 0 Å². The van der Waals surface area contributed by atoms with Gasteiger partial charge in [-0.25, -0.2) is 13.6 Å². The molecule has 1 unspecified atom stereocenters. The van der Waals surface area contributed by atoms with Gasteiger partial charge in [-0.2, -0.15) is 10.4 Å². The smallest absolute Gasteiger partial charge is 0.341 e. The number of anilines is 1. The average molecular weight is 374 g/mol. The summed E-state index contributed by atoms with van der Waals surface area (Å²) in [7, 11) is 0. The van der Waals surface area contributed by atoms with Crippen LogP contribution in [0.5, 0.6) is 0 Å². The molecule has 27 heavy (non-hydrogen) atoms. The van der Waals surface area contributed by atoms with Crippen LogP contribution in [0.4, 0.5) is 14.5 Å². The highest BCUT2D eigenvalue weighted by atomic mass is 19.3. The molecule has 0 bridgehead atoms. The number of halogens is 2. The molecular weight excluding hydrogens is 354 g/mol. The van der Waals surface area contributed by atoms with Crippen LogP contribution in [0.15, 0.2) is 30.6 Å². The van der Waals surface area contributed by atoms with Crippen molar-refractivity contribution in [3.63, 3.8) is 0 Å². The van der Waals surface area contributed by atoms with E-state index >= 15 is 0 Å². The summed E-state index contributed by atoms with van der Waals surface area (Å²) in [5, 5.41) is 13.6. The largest absolute Gasteiger partial charge is 0.462 e. The van der Waals surface area contributed by atoms with Gasteiger partial charge in [-0.05, 0) is 24.6 Å². The van der Waals surface area contributed by atoms with Gasteiger partial charge >= 0.3 is 5.97 Å². The SMILES string of the molecule is CCOC(=O)c1cnn(Cc2ccc(N3CC(C)C(F)(F)C3)cc2C#N)c1. The van der Waals surface area contributed by atoms with Crippen molar-refractivity contribution in [2.75, 3.05) is 24.6 Å². The second-order valence-corrected chi connectivity index (χ2v) is 6.64. The van der Waals surface area contributed by atoms with Crippen LogP contribution in [0.3, 0.4) is 0 Å². The molecule has 0 N–H and O–H groups in total. The first-order valence-electron chi connectivity index (χ1n) is 8.69. The number of esters is 1. The van der Waals surface area contributed by atoms with Crippen molar-refractivity contribution >= 4 is 11.7 Å². The Bertz CT molecular complexity index is 888. The van der Waals surface area contributed by atoms with E-state index < -0.39 is 17.8 Å². The van der Waals surface area contributed by atoms with Crippen molar-refractivity contribution in [2.45, 2.75) is 26.3 Å². The van der Waals surface area contributed by atoms with E-state index in [1.165, 1.54) is 17.8 Å². The van der Waals surface area contributed by atoms with Crippen LogP contribution in [0.1, 0.15) is 35.3 Å². The number of benzene rings is 1. The Morgan fingerprint density at radius 1 is 1.48 bits per heavy atom. The zero-order chi connectivity index (χ0) is 19.6. The van der Waals surface area contributed by atoms with E-state index in [-0.39, 0.29) is 26.2 Å². The van der Waals surface area contributed by atoms with Crippen molar-refractivity contribution in [1.82, 2.24) is 9.78 Å². The summed E-state index contributed by atoms with van der Waals surface area (Å²) in [4.78, 5) is 13.3. The Hall–Kier alpha value is -2.95. The summed E-state index contributed by atoms with van der Waals surface area (Å²) in [6.07, 6.45) is 2.96. The molecule has 8 heteroatoms. The molecule has 1 atom stereocenters. The van der Waals surface area contributed by atoms with E-state index in [0.29, 0.717) is 22.4 Å². The summed E-state index contributed by atoms with van der Waals surface area (Å²) in [6.45, 7) is 3.71. The fraction of sp³-hybridized carbons (Fsp3) is 0.421. The molecule has 0 radical (unpaired) electrons. The monoisotopic (exact) mass is 374 g/mol. The predicted octanol–water partition coefficient (Wildman–Crippen LogP) is 3.07. The van der Waals surface area contributed by atoms with E-state index in [4.69, 9.17) is 4.74 Å². The van der Waals surface area contributed by atoms with Crippen molar-refractivity contribution in [1.29, 1.82) is 5.26 Å². The van der Waals surface area contributed by atoms with E-state index in [0.717, 1.165) is 0 Å². The van der Waals surface area contributed by atoms with Gasteiger partial charge in [-0.3, -0.25) is 4.68 Å². The van der Waals surface area contributed by atoms with Crippen LogP contribution in [0, 0.1) is 17.2 Å². The van der Waals surface area contributed by atoms with Gasteiger partial charge in [0.2, 0.25) is 0 Å². The Morgan fingerprint density at radius 2 is 2.26 bits per heavy atom. The number of alkyl halides is 2. The van der Waals surface area contributed by atoms with Crippen LogP contribution >= 0.6 is 0 Å².